The Morgan fingerprint density at radius 1 is 1.31 bits per heavy atom. The van der Waals surface area contributed by atoms with Crippen LogP contribution in [0, 0.1) is 0 Å². The van der Waals surface area contributed by atoms with Crippen LogP contribution in [-0.4, -0.2) is 16.5 Å². The molecule has 0 fully saturated rings. The average molecular weight is 218 g/mol. The second kappa shape index (κ2) is 5.37. The van der Waals surface area contributed by atoms with Crippen LogP contribution in [0.2, 0.25) is 5.02 Å². The van der Waals surface area contributed by atoms with Crippen molar-refractivity contribution in [1.29, 1.82) is 0 Å². The Morgan fingerprint density at radius 2 is 1.92 bits per heavy atom. The molecule has 2 N–H and O–H groups in total. The summed E-state index contributed by atoms with van der Waals surface area (Å²) in [5.41, 5.74) is 6.33. The lowest BCUT2D eigenvalue weighted by Gasteiger charge is -2.00. The Balaban J connectivity index is 2.54. The Bertz CT molecular complexity index is 286. The highest BCUT2D eigenvalue weighted by atomic mass is 35.5. The third-order valence-electron chi connectivity index (χ3n) is 1.59. The van der Waals surface area contributed by atoms with Crippen LogP contribution in [0.1, 0.15) is 5.56 Å². The first-order chi connectivity index (χ1) is 6.22. The van der Waals surface area contributed by atoms with Gasteiger partial charge in [-0.2, -0.15) is 0 Å². The molecular weight excluding hydrogens is 206 g/mol. The lowest BCUT2D eigenvalue weighted by molar-refractivity contribution is 0.682. The van der Waals surface area contributed by atoms with Crippen LogP contribution in [0.3, 0.4) is 0 Å². The third kappa shape index (κ3) is 3.89. The van der Waals surface area contributed by atoms with Gasteiger partial charge in [0.05, 0.1) is 0 Å². The van der Waals surface area contributed by atoms with Crippen molar-refractivity contribution in [1.82, 2.24) is 0 Å². The minimum Gasteiger partial charge on any atom is -0.330 e. The minimum atomic E-state index is -0.846. The molecule has 1 aromatic carbocycles. The standard InChI is InChI=1S/C9H12ClNOS/c10-9-3-1-8(2-4-9)7-13(12)6-5-11/h1-4H,5-7,11H2. The lowest BCUT2D eigenvalue weighted by atomic mass is 10.2. The van der Waals surface area contributed by atoms with E-state index in [1.54, 1.807) is 12.1 Å². The molecule has 1 aromatic rings. The first-order valence-electron chi connectivity index (χ1n) is 4.02. The second-order valence-electron chi connectivity index (χ2n) is 2.70. The van der Waals surface area contributed by atoms with E-state index in [-0.39, 0.29) is 0 Å². The van der Waals surface area contributed by atoms with Crippen molar-refractivity contribution < 1.29 is 4.21 Å². The molecule has 0 aliphatic heterocycles. The number of halogens is 1. The molecule has 72 valence electrons. The van der Waals surface area contributed by atoms with E-state index in [9.17, 15) is 4.21 Å². The van der Waals surface area contributed by atoms with E-state index in [4.69, 9.17) is 17.3 Å². The van der Waals surface area contributed by atoms with Gasteiger partial charge >= 0.3 is 0 Å². The highest BCUT2D eigenvalue weighted by Gasteiger charge is 1.99. The van der Waals surface area contributed by atoms with Crippen molar-refractivity contribution in [2.45, 2.75) is 5.75 Å². The maximum Gasteiger partial charge on any atom is 0.0486 e. The zero-order valence-corrected chi connectivity index (χ0v) is 8.77. The van der Waals surface area contributed by atoms with Gasteiger partial charge in [-0.15, -0.1) is 0 Å². The molecule has 0 amide bonds. The highest BCUT2D eigenvalue weighted by molar-refractivity contribution is 7.84. The molecular formula is C9H12ClNOS. The molecule has 0 saturated heterocycles. The summed E-state index contributed by atoms with van der Waals surface area (Å²) >= 11 is 5.71. The number of rotatable bonds is 4. The SMILES string of the molecule is NCCS(=O)Cc1ccc(Cl)cc1. The van der Waals surface area contributed by atoms with Crippen molar-refractivity contribution in [3.8, 4) is 0 Å². The van der Waals surface area contributed by atoms with Crippen LogP contribution in [-0.2, 0) is 16.6 Å². The average Bonchev–Trinajstić information content (AvgIpc) is 2.09. The smallest absolute Gasteiger partial charge is 0.0486 e. The maximum absolute atomic E-state index is 11.3. The van der Waals surface area contributed by atoms with E-state index in [1.165, 1.54) is 0 Å². The zero-order chi connectivity index (χ0) is 9.68. The quantitative estimate of drug-likeness (QED) is 0.832. The summed E-state index contributed by atoms with van der Waals surface area (Å²) in [5.74, 6) is 1.12. The molecule has 0 aliphatic carbocycles. The highest BCUT2D eigenvalue weighted by Crippen LogP contribution is 2.10. The van der Waals surface area contributed by atoms with Crippen molar-refractivity contribution >= 4 is 22.4 Å². The fraction of sp³-hybridized carbons (Fsp3) is 0.333. The van der Waals surface area contributed by atoms with Crippen LogP contribution in [0.4, 0.5) is 0 Å². The number of benzene rings is 1. The summed E-state index contributed by atoms with van der Waals surface area (Å²) in [6.45, 7) is 0.472. The largest absolute Gasteiger partial charge is 0.330 e. The summed E-state index contributed by atoms with van der Waals surface area (Å²) in [7, 11) is -0.846. The van der Waals surface area contributed by atoms with Crippen molar-refractivity contribution in [3.63, 3.8) is 0 Å². The van der Waals surface area contributed by atoms with Gasteiger partial charge in [0.2, 0.25) is 0 Å². The fourth-order valence-electron chi connectivity index (χ4n) is 0.970. The molecule has 0 heterocycles. The van der Waals surface area contributed by atoms with Gasteiger partial charge in [0.25, 0.3) is 0 Å². The number of hydrogen-bond donors (Lipinski definition) is 1. The van der Waals surface area contributed by atoms with Crippen molar-refractivity contribution in [2.75, 3.05) is 12.3 Å². The summed E-state index contributed by atoms with van der Waals surface area (Å²) in [6, 6.07) is 7.38. The van der Waals surface area contributed by atoms with E-state index in [0.29, 0.717) is 23.1 Å². The van der Waals surface area contributed by atoms with E-state index >= 15 is 0 Å². The van der Waals surface area contributed by atoms with Gasteiger partial charge in [-0.1, -0.05) is 23.7 Å². The van der Waals surface area contributed by atoms with E-state index < -0.39 is 10.8 Å². The van der Waals surface area contributed by atoms with Gasteiger partial charge in [-0.25, -0.2) is 0 Å². The molecule has 0 aromatic heterocycles. The monoisotopic (exact) mass is 217 g/mol. The van der Waals surface area contributed by atoms with Gasteiger partial charge in [0, 0.05) is 33.9 Å². The predicted octanol–water partition coefficient (Wildman–Crippen LogP) is 1.55. The lowest BCUT2D eigenvalue weighted by Crippen LogP contribution is -2.11. The second-order valence-corrected chi connectivity index (χ2v) is 4.72. The van der Waals surface area contributed by atoms with Crippen LogP contribution in [0.15, 0.2) is 24.3 Å². The predicted molar refractivity (Wildman–Crippen MR) is 57.2 cm³/mol. The minimum absolute atomic E-state index is 0.472. The van der Waals surface area contributed by atoms with Gasteiger partial charge < -0.3 is 5.73 Å². The summed E-state index contributed by atoms with van der Waals surface area (Å²) in [4.78, 5) is 0. The Morgan fingerprint density at radius 3 is 2.46 bits per heavy atom. The maximum atomic E-state index is 11.3. The molecule has 2 nitrogen and oxygen atoms in total. The molecule has 0 radical (unpaired) electrons. The van der Waals surface area contributed by atoms with Crippen LogP contribution >= 0.6 is 11.6 Å². The Hall–Kier alpha value is -0.380. The van der Waals surface area contributed by atoms with Crippen LogP contribution in [0.25, 0.3) is 0 Å². The molecule has 1 rings (SSSR count). The van der Waals surface area contributed by atoms with Crippen molar-refractivity contribution in [2.24, 2.45) is 5.73 Å². The zero-order valence-electron chi connectivity index (χ0n) is 7.20. The van der Waals surface area contributed by atoms with Crippen LogP contribution < -0.4 is 5.73 Å². The number of hydrogen-bond acceptors (Lipinski definition) is 2. The Kier molecular flexibility index (Phi) is 4.42. The summed E-state index contributed by atoms with van der Waals surface area (Å²) in [5, 5.41) is 0.702. The molecule has 0 spiro atoms. The molecule has 0 saturated carbocycles. The van der Waals surface area contributed by atoms with Gasteiger partial charge in [0.15, 0.2) is 0 Å². The van der Waals surface area contributed by atoms with Crippen molar-refractivity contribution in [3.05, 3.63) is 34.9 Å². The summed E-state index contributed by atoms with van der Waals surface area (Å²) < 4.78 is 11.3. The normalized spacial score (nSPS) is 12.8. The molecule has 1 atom stereocenters. The van der Waals surface area contributed by atoms with E-state index in [1.807, 2.05) is 12.1 Å². The molecule has 1 unspecified atom stereocenters. The van der Waals surface area contributed by atoms with Gasteiger partial charge in [0.1, 0.15) is 0 Å². The molecule has 0 bridgehead atoms. The topological polar surface area (TPSA) is 43.1 Å². The van der Waals surface area contributed by atoms with E-state index in [0.717, 1.165) is 5.56 Å². The molecule has 4 heteroatoms. The summed E-state index contributed by atoms with van der Waals surface area (Å²) in [6.07, 6.45) is 0. The third-order valence-corrected chi connectivity index (χ3v) is 3.18. The fourth-order valence-corrected chi connectivity index (χ4v) is 2.07. The first-order valence-corrected chi connectivity index (χ1v) is 5.88. The van der Waals surface area contributed by atoms with Gasteiger partial charge in [-0.05, 0) is 17.7 Å². The number of nitrogens with two attached hydrogens (primary N) is 1. The Labute approximate surface area is 85.5 Å². The first kappa shape index (κ1) is 10.7. The molecule has 13 heavy (non-hydrogen) atoms. The molecule has 0 aliphatic rings. The van der Waals surface area contributed by atoms with Crippen LogP contribution in [0.5, 0.6) is 0 Å². The van der Waals surface area contributed by atoms with Gasteiger partial charge in [-0.3, -0.25) is 4.21 Å². The van der Waals surface area contributed by atoms with E-state index in [2.05, 4.69) is 0 Å².